The van der Waals surface area contributed by atoms with Gasteiger partial charge in [-0.3, -0.25) is 10.1 Å². The molecule has 2 aliphatic rings. The summed E-state index contributed by atoms with van der Waals surface area (Å²) in [7, 11) is 0. The Labute approximate surface area is 177 Å². The summed E-state index contributed by atoms with van der Waals surface area (Å²) < 4.78 is 0. The van der Waals surface area contributed by atoms with Gasteiger partial charge in [-0.2, -0.15) is 0 Å². The number of piperazine rings is 1. The molecule has 0 unspecified atom stereocenters. The number of hydrogen-bond donors (Lipinski definition) is 0. The number of hydrogen-bond acceptors (Lipinski definition) is 7. The van der Waals surface area contributed by atoms with Gasteiger partial charge in [0.2, 0.25) is 11.6 Å². The van der Waals surface area contributed by atoms with E-state index in [4.69, 9.17) is 0 Å². The van der Waals surface area contributed by atoms with E-state index in [1.807, 2.05) is 4.90 Å². The lowest BCUT2D eigenvalue weighted by atomic mass is 9.99. The molecular formula is C22H30N6O2. The van der Waals surface area contributed by atoms with Gasteiger partial charge >= 0.3 is 5.69 Å². The molecule has 0 radical (unpaired) electrons. The average molecular weight is 411 g/mol. The summed E-state index contributed by atoms with van der Waals surface area (Å²) in [5, 5.41) is 12.0. The Morgan fingerprint density at radius 3 is 2.10 bits per heavy atom. The minimum absolute atomic E-state index is 0.0484. The average Bonchev–Trinajstić information content (AvgIpc) is 2.76. The van der Waals surface area contributed by atoms with Crippen molar-refractivity contribution in [2.45, 2.75) is 33.6 Å². The standard InChI is InChI=1S/C22H30N6O2/c1-16-7-9-26(10-8-16)21-20(28(29)30)22(24-15-23-21)27-13-11-25(12-14-27)19-6-4-5-17(2)18(19)3/h4-6,15-16H,7-14H2,1-3H3. The van der Waals surface area contributed by atoms with Crippen LogP contribution in [0.2, 0.25) is 0 Å². The van der Waals surface area contributed by atoms with Gasteiger partial charge in [0.15, 0.2) is 0 Å². The van der Waals surface area contributed by atoms with Crippen LogP contribution < -0.4 is 14.7 Å². The quantitative estimate of drug-likeness (QED) is 0.563. The molecule has 2 saturated heterocycles. The van der Waals surface area contributed by atoms with Crippen LogP contribution in [0, 0.1) is 29.9 Å². The van der Waals surface area contributed by atoms with E-state index >= 15 is 0 Å². The highest BCUT2D eigenvalue weighted by molar-refractivity contribution is 5.72. The highest BCUT2D eigenvalue weighted by atomic mass is 16.6. The number of nitro groups is 1. The first-order chi connectivity index (χ1) is 14.5. The first-order valence-corrected chi connectivity index (χ1v) is 10.8. The summed E-state index contributed by atoms with van der Waals surface area (Å²) in [5.74, 6) is 1.57. The maximum absolute atomic E-state index is 12.0. The summed E-state index contributed by atoms with van der Waals surface area (Å²) in [4.78, 5) is 26.8. The molecule has 2 fully saturated rings. The van der Waals surface area contributed by atoms with E-state index in [9.17, 15) is 10.1 Å². The monoisotopic (exact) mass is 410 g/mol. The Bertz CT molecular complexity index is 918. The fourth-order valence-corrected chi connectivity index (χ4v) is 4.44. The van der Waals surface area contributed by atoms with Crippen LogP contribution in [0.5, 0.6) is 0 Å². The molecule has 4 rings (SSSR count). The maximum Gasteiger partial charge on any atom is 0.353 e. The van der Waals surface area contributed by atoms with Crippen LogP contribution in [0.3, 0.4) is 0 Å². The predicted molar refractivity (Wildman–Crippen MR) is 120 cm³/mol. The molecular weight excluding hydrogens is 380 g/mol. The summed E-state index contributed by atoms with van der Waals surface area (Å²) in [6.45, 7) is 11.1. The van der Waals surface area contributed by atoms with Gasteiger partial charge in [-0.25, -0.2) is 9.97 Å². The number of rotatable bonds is 4. The Morgan fingerprint density at radius 2 is 1.50 bits per heavy atom. The first-order valence-electron chi connectivity index (χ1n) is 10.8. The molecule has 2 aliphatic heterocycles. The normalized spacial score (nSPS) is 18.0. The van der Waals surface area contributed by atoms with E-state index in [1.54, 1.807) is 0 Å². The zero-order valence-corrected chi connectivity index (χ0v) is 18.0. The van der Waals surface area contributed by atoms with E-state index in [-0.39, 0.29) is 10.6 Å². The molecule has 0 N–H and O–H groups in total. The second kappa shape index (κ2) is 8.45. The Kier molecular flexibility index (Phi) is 5.74. The summed E-state index contributed by atoms with van der Waals surface area (Å²) in [6, 6.07) is 6.37. The Morgan fingerprint density at radius 1 is 0.933 bits per heavy atom. The van der Waals surface area contributed by atoms with Crippen molar-refractivity contribution in [1.29, 1.82) is 0 Å². The van der Waals surface area contributed by atoms with Crippen LogP contribution in [0.15, 0.2) is 24.5 Å². The first kappa shape index (κ1) is 20.4. The van der Waals surface area contributed by atoms with E-state index < -0.39 is 0 Å². The molecule has 0 aliphatic carbocycles. The number of piperidine rings is 1. The fourth-order valence-electron chi connectivity index (χ4n) is 4.44. The van der Waals surface area contributed by atoms with Crippen molar-refractivity contribution in [3.8, 4) is 0 Å². The molecule has 0 saturated carbocycles. The Balaban J connectivity index is 1.55. The van der Waals surface area contributed by atoms with Crippen LogP contribution in [-0.4, -0.2) is 54.2 Å². The lowest BCUT2D eigenvalue weighted by Gasteiger charge is -2.37. The molecule has 0 amide bonds. The lowest BCUT2D eigenvalue weighted by molar-refractivity contribution is -0.383. The van der Waals surface area contributed by atoms with Crippen molar-refractivity contribution in [2.75, 3.05) is 54.0 Å². The molecule has 3 heterocycles. The van der Waals surface area contributed by atoms with Crippen molar-refractivity contribution in [3.05, 3.63) is 45.8 Å². The number of aromatic nitrogens is 2. The van der Waals surface area contributed by atoms with Gasteiger partial charge in [0.1, 0.15) is 6.33 Å². The third-order valence-electron chi connectivity index (χ3n) is 6.55. The third kappa shape index (κ3) is 3.91. The lowest BCUT2D eigenvalue weighted by Crippen LogP contribution is -2.47. The fraction of sp³-hybridized carbons (Fsp3) is 0.545. The van der Waals surface area contributed by atoms with Crippen LogP contribution in [-0.2, 0) is 0 Å². The van der Waals surface area contributed by atoms with Gasteiger partial charge < -0.3 is 14.7 Å². The largest absolute Gasteiger partial charge is 0.368 e. The van der Waals surface area contributed by atoms with Crippen molar-refractivity contribution in [3.63, 3.8) is 0 Å². The Hall–Kier alpha value is -2.90. The van der Waals surface area contributed by atoms with Crippen LogP contribution in [0.25, 0.3) is 0 Å². The van der Waals surface area contributed by atoms with E-state index in [0.29, 0.717) is 30.6 Å². The molecule has 1 aromatic heterocycles. The minimum atomic E-state index is -0.306. The number of nitrogens with zero attached hydrogens (tertiary/aromatic N) is 6. The topological polar surface area (TPSA) is 78.6 Å². The van der Waals surface area contributed by atoms with Crippen molar-refractivity contribution < 1.29 is 4.92 Å². The zero-order chi connectivity index (χ0) is 21.3. The molecule has 30 heavy (non-hydrogen) atoms. The van der Waals surface area contributed by atoms with Gasteiger partial charge in [0.05, 0.1) is 4.92 Å². The van der Waals surface area contributed by atoms with Crippen molar-refractivity contribution >= 4 is 23.0 Å². The third-order valence-corrected chi connectivity index (χ3v) is 6.55. The van der Waals surface area contributed by atoms with E-state index in [0.717, 1.165) is 39.0 Å². The second-order valence-corrected chi connectivity index (χ2v) is 8.49. The maximum atomic E-state index is 12.0. The van der Waals surface area contributed by atoms with Crippen molar-refractivity contribution in [2.24, 2.45) is 5.92 Å². The summed E-state index contributed by atoms with van der Waals surface area (Å²) in [5.41, 5.74) is 3.87. The summed E-state index contributed by atoms with van der Waals surface area (Å²) in [6.07, 6.45) is 3.54. The molecule has 8 heteroatoms. The van der Waals surface area contributed by atoms with Crippen molar-refractivity contribution in [1.82, 2.24) is 9.97 Å². The second-order valence-electron chi connectivity index (χ2n) is 8.49. The number of benzene rings is 1. The zero-order valence-electron chi connectivity index (χ0n) is 18.0. The molecule has 8 nitrogen and oxygen atoms in total. The van der Waals surface area contributed by atoms with Gasteiger partial charge in [0.25, 0.3) is 0 Å². The van der Waals surface area contributed by atoms with Gasteiger partial charge in [-0.1, -0.05) is 19.1 Å². The van der Waals surface area contributed by atoms with Crippen LogP contribution >= 0.6 is 0 Å². The number of aryl methyl sites for hydroxylation is 1. The van der Waals surface area contributed by atoms with Crippen LogP contribution in [0.4, 0.5) is 23.0 Å². The molecule has 160 valence electrons. The smallest absolute Gasteiger partial charge is 0.353 e. The molecule has 0 spiro atoms. The van der Waals surface area contributed by atoms with Gasteiger partial charge in [-0.15, -0.1) is 0 Å². The number of anilines is 3. The molecule has 2 aromatic rings. The van der Waals surface area contributed by atoms with Crippen LogP contribution in [0.1, 0.15) is 30.9 Å². The molecule has 0 atom stereocenters. The van der Waals surface area contributed by atoms with E-state index in [2.05, 4.69) is 58.7 Å². The van der Waals surface area contributed by atoms with Gasteiger partial charge in [-0.05, 0) is 49.8 Å². The van der Waals surface area contributed by atoms with E-state index in [1.165, 1.54) is 23.1 Å². The highest BCUT2D eigenvalue weighted by Crippen LogP contribution is 2.36. The highest BCUT2D eigenvalue weighted by Gasteiger charge is 2.32. The summed E-state index contributed by atoms with van der Waals surface area (Å²) >= 11 is 0. The molecule has 1 aromatic carbocycles. The molecule has 0 bridgehead atoms. The van der Waals surface area contributed by atoms with Gasteiger partial charge in [0, 0.05) is 45.0 Å². The minimum Gasteiger partial charge on any atom is -0.368 e. The predicted octanol–water partition coefficient (Wildman–Crippen LogP) is 3.56. The SMILES string of the molecule is Cc1cccc(N2CCN(c3ncnc(N4CCC(C)CC4)c3[N+](=O)[O-])CC2)c1C.